The van der Waals surface area contributed by atoms with Crippen LogP contribution in [0.5, 0.6) is 0 Å². The predicted molar refractivity (Wildman–Crippen MR) is 101 cm³/mol. The quantitative estimate of drug-likeness (QED) is 0.724. The Morgan fingerprint density at radius 2 is 1.72 bits per heavy atom. The van der Waals surface area contributed by atoms with E-state index in [-0.39, 0.29) is 24.5 Å². The van der Waals surface area contributed by atoms with Gasteiger partial charge in [-0.2, -0.15) is 0 Å². The Morgan fingerprint density at radius 3 is 2.24 bits per heavy atom. The lowest BCUT2D eigenvalue weighted by atomic mass is 10.2. The van der Waals surface area contributed by atoms with Gasteiger partial charge in [-0.1, -0.05) is 23.7 Å². The molecule has 0 N–H and O–H groups in total. The van der Waals surface area contributed by atoms with Crippen LogP contribution in [0, 0.1) is 0 Å². The van der Waals surface area contributed by atoms with Crippen molar-refractivity contribution in [2.75, 3.05) is 6.54 Å². The van der Waals surface area contributed by atoms with E-state index in [2.05, 4.69) is 0 Å². The zero-order chi connectivity index (χ0) is 18.7. The summed E-state index contributed by atoms with van der Waals surface area (Å²) in [6, 6.07) is 6.95. The number of amides is 3. The van der Waals surface area contributed by atoms with Crippen LogP contribution in [-0.4, -0.2) is 45.5 Å². The Balaban J connectivity index is 2.15. The minimum atomic E-state index is -0.439. The standard InChI is InChI=1S/C18H21ClN2O3S/c1-11(2)21(12(3)4)16(22)10-20-17(23)15(25-18(20)24)9-13-5-7-14(19)8-6-13/h5-9,11-12H,10H2,1-4H3/b15-9-. The van der Waals surface area contributed by atoms with E-state index < -0.39 is 11.1 Å². The highest BCUT2D eigenvalue weighted by molar-refractivity contribution is 8.18. The fraction of sp³-hybridized carbons (Fsp3) is 0.389. The van der Waals surface area contributed by atoms with Crippen LogP contribution in [-0.2, 0) is 9.59 Å². The number of imide groups is 1. The van der Waals surface area contributed by atoms with Crippen molar-refractivity contribution in [2.45, 2.75) is 39.8 Å². The lowest BCUT2D eigenvalue weighted by Crippen LogP contribution is -2.48. The minimum Gasteiger partial charge on any atom is -0.336 e. The summed E-state index contributed by atoms with van der Waals surface area (Å²) in [5.41, 5.74) is 0.771. The second-order valence-corrected chi connectivity index (χ2v) is 7.74. The molecular weight excluding hydrogens is 360 g/mol. The third-order valence-corrected chi connectivity index (χ3v) is 4.89. The summed E-state index contributed by atoms with van der Waals surface area (Å²) in [7, 11) is 0. The summed E-state index contributed by atoms with van der Waals surface area (Å²) in [5, 5.41) is 0.171. The van der Waals surface area contributed by atoms with E-state index in [1.165, 1.54) is 0 Å². The number of hydrogen-bond donors (Lipinski definition) is 0. The highest BCUT2D eigenvalue weighted by Crippen LogP contribution is 2.32. The van der Waals surface area contributed by atoms with E-state index in [0.29, 0.717) is 9.93 Å². The first kappa shape index (κ1) is 19.5. The highest BCUT2D eigenvalue weighted by Gasteiger charge is 2.37. The molecule has 1 fully saturated rings. The van der Waals surface area contributed by atoms with Crippen molar-refractivity contribution in [1.29, 1.82) is 0 Å². The first-order valence-electron chi connectivity index (χ1n) is 8.02. The van der Waals surface area contributed by atoms with Crippen LogP contribution in [0.4, 0.5) is 4.79 Å². The van der Waals surface area contributed by atoms with Gasteiger partial charge in [0.15, 0.2) is 0 Å². The molecule has 25 heavy (non-hydrogen) atoms. The zero-order valence-electron chi connectivity index (χ0n) is 14.7. The maximum absolute atomic E-state index is 12.5. The molecular formula is C18H21ClN2O3S. The number of thioether (sulfide) groups is 1. The van der Waals surface area contributed by atoms with E-state index in [1.54, 1.807) is 35.2 Å². The topological polar surface area (TPSA) is 57.7 Å². The smallest absolute Gasteiger partial charge is 0.294 e. The predicted octanol–water partition coefficient (Wildman–Crippen LogP) is 4.02. The Hall–Kier alpha value is -1.79. The number of rotatable bonds is 5. The van der Waals surface area contributed by atoms with Crippen molar-refractivity contribution in [2.24, 2.45) is 0 Å². The van der Waals surface area contributed by atoms with Crippen molar-refractivity contribution in [1.82, 2.24) is 9.80 Å². The largest absolute Gasteiger partial charge is 0.336 e. The van der Waals surface area contributed by atoms with E-state index in [1.807, 2.05) is 27.7 Å². The van der Waals surface area contributed by atoms with Gasteiger partial charge in [0, 0.05) is 17.1 Å². The molecule has 2 rings (SSSR count). The Bertz CT molecular complexity index is 706. The van der Waals surface area contributed by atoms with Crippen LogP contribution in [0.3, 0.4) is 0 Å². The average Bonchev–Trinajstić information content (AvgIpc) is 2.76. The molecule has 0 spiro atoms. The second kappa shape index (κ2) is 8.06. The van der Waals surface area contributed by atoms with Gasteiger partial charge >= 0.3 is 0 Å². The summed E-state index contributed by atoms with van der Waals surface area (Å²) >= 11 is 6.69. The highest BCUT2D eigenvalue weighted by atomic mass is 35.5. The summed E-state index contributed by atoms with van der Waals surface area (Å²) in [5.74, 6) is -0.675. The van der Waals surface area contributed by atoms with Crippen LogP contribution < -0.4 is 0 Å². The van der Waals surface area contributed by atoms with Crippen molar-refractivity contribution < 1.29 is 14.4 Å². The van der Waals surface area contributed by atoms with Gasteiger partial charge in [-0.3, -0.25) is 19.3 Å². The molecule has 1 saturated heterocycles. The molecule has 0 radical (unpaired) electrons. The summed E-state index contributed by atoms with van der Waals surface area (Å²) in [6.45, 7) is 7.40. The molecule has 0 saturated carbocycles. The van der Waals surface area contributed by atoms with Gasteiger partial charge in [0.2, 0.25) is 5.91 Å². The molecule has 1 aromatic carbocycles. The fourth-order valence-corrected chi connectivity index (χ4v) is 3.70. The van der Waals surface area contributed by atoms with Crippen molar-refractivity contribution in [3.63, 3.8) is 0 Å². The molecule has 1 aliphatic heterocycles. The average molecular weight is 381 g/mol. The number of carbonyl (C=O) groups excluding carboxylic acids is 3. The van der Waals surface area contributed by atoms with E-state index in [0.717, 1.165) is 22.2 Å². The van der Waals surface area contributed by atoms with Gasteiger partial charge in [-0.25, -0.2) is 0 Å². The minimum absolute atomic E-state index is 0.00274. The summed E-state index contributed by atoms with van der Waals surface area (Å²) in [4.78, 5) is 40.2. The maximum Gasteiger partial charge on any atom is 0.294 e. The summed E-state index contributed by atoms with van der Waals surface area (Å²) < 4.78 is 0. The molecule has 1 heterocycles. The van der Waals surface area contributed by atoms with E-state index in [9.17, 15) is 14.4 Å². The Kier molecular flexibility index (Phi) is 6.30. The first-order valence-corrected chi connectivity index (χ1v) is 9.22. The van der Waals surface area contributed by atoms with Crippen LogP contribution in [0.25, 0.3) is 6.08 Å². The Morgan fingerprint density at radius 1 is 1.16 bits per heavy atom. The van der Waals surface area contributed by atoms with E-state index in [4.69, 9.17) is 11.6 Å². The molecule has 0 aromatic heterocycles. The van der Waals surface area contributed by atoms with Crippen LogP contribution in [0.2, 0.25) is 5.02 Å². The molecule has 0 unspecified atom stereocenters. The molecule has 0 atom stereocenters. The third kappa shape index (κ3) is 4.64. The number of carbonyl (C=O) groups is 3. The fourth-order valence-electron chi connectivity index (χ4n) is 2.74. The normalized spacial score (nSPS) is 16.4. The number of nitrogens with zero attached hydrogens (tertiary/aromatic N) is 2. The second-order valence-electron chi connectivity index (χ2n) is 6.31. The third-order valence-electron chi connectivity index (χ3n) is 3.74. The van der Waals surface area contributed by atoms with Crippen LogP contribution >= 0.6 is 23.4 Å². The number of halogens is 1. The van der Waals surface area contributed by atoms with Crippen molar-refractivity contribution in [3.05, 3.63) is 39.8 Å². The molecule has 134 valence electrons. The Labute approximate surface area is 157 Å². The molecule has 3 amide bonds. The summed E-state index contributed by atoms with van der Waals surface area (Å²) in [6.07, 6.45) is 1.63. The van der Waals surface area contributed by atoms with Crippen molar-refractivity contribution >= 4 is 46.5 Å². The monoisotopic (exact) mass is 380 g/mol. The molecule has 0 aliphatic carbocycles. The van der Waals surface area contributed by atoms with Crippen LogP contribution in [0.1, 0.15) is 33.3 Å². The van der Waals surface area contributed by atoms with E-state index >= 15 is 0 Å². The lowest BCUT2D eigenvalue weighted by molar-refractivity contribution is -0.138. The zero-order valence-corrected chi connectivity index (χ0v) is 16.2. The molecule has 1 aliphatic rings. The molecule has 7 heteroatoms. The van der Waals surface area contributed by atoms with Gasteiger partial charge in [0.05, 0.1) is 4.91 Å². The lowest BCUT2D eigenvalue weighted by Gasteiger charge is -2.31. The number of hydrogen-bond acceptors (Lipinski definition) is 4. The molecule has 5 nitrogen and oxygen atoms in total. The molecule has 0 bridgehead atoms. The van der Waals surface area contributed by atoms with Gasteiger partial charge in [0.1, 0.15) is 6.54 Å². The van der Waals surface area contributed by atoms with Gasteiger partial charge in [-0.05, 0) is 63.2 Å². The SMILES string of the molecule is CC(C)N(C(=O)CN1C(=O)S/C(=C\c2ccc(Cl)cc2)C1=O)C(C)C. The van der Waals surface area contributed by atoms with Crippen molar-refractivity contribution in [3.8, 4) is 0 Å². The maximum atomic E-state index is 12.5. The van der Waals surface area contributed by atoms with Gasteiger partial charge in [-0.15, -0.1) is 0 Å². The first-order chi connectivity index (χ1) is 11.7. The number of benzene rings is 1. The molecule has 1 aromatic rings. The van der Waals surface area contributed by atoms with Gasteiger partial charge in [0.25, 0.3) is 11.1 Å². The van der Waals surface area contributed by atoms with Crippen LogP contribution in [0.15, 0.2) is 29.2 Å². The van der Waals surface area contributed by atoms with Gasteiger partial charge < -0.3 is 4.90 Å².